The van der Waals surface area contributed by atoms with E-state index in [1.807, 2.05) is 35.2 Å². The number of carbonyl (C=O) groups is 1. The van der Waals surface area contributed by atoms with Crippen molar-refractivity contribution in [2.75, 3.05) is 13.1 Å². The van der Waals surface area contributed by atoms with Gasteiger partial charge in [0.2, 0.25) is 0 Å². The number of amides is 1. The standard InChI is InChI=1S/C16H22N2O2/c1-16(17)7-13-9-18(10-14(13)8-16)15(19)20-11-12-5-3-2-4-6-12/h2-6,13-14H,7-11,17H2,1H3. The Morgan fingerprint density at radius 2 is 1.90 bits per heavy atom. The van der Waals surface area contributed by atoms with Crippen molar-refractivity contribution in [1.29, 1.82) is 0 Å². The van der Waals surface area contributed by atoms with E-state index in [2.05, 4.69) is 6.92 Å². The number of nitrogens with zero attached hydrogens (tertiary/aromatic N) is 1. The van der Waals surface area contributed by atoms with Crippen LogP contribution in [0.15, 0.2) is 30.3 Å². The summed E-state index contributed by atoms with van der Waals surface area (Å²) in [6, 6.07) is 9.78. The van der Waals surface area contributed by atoms with E-state index in [4.69, 9.17) is 10.5 Å². The number of fused-ring (bicyclic) bond motifs is 1. The second-order valence-electron chi connectivity index (χ2n) is 6.53. The molecule has 2 N–H and O–H groups in total. The van der Waals surface area contributed by atoms with Gasteiger partial charge in [-0.2, -0.15) is 0 Å². The fraction of sp³-hybridized carbons (Fsp3) is 0.562. The van der Waals surface area contributed by atoms with Gasteiger partial charge in [0.05, 0.1) is 0 Å². The van der Waals surface area contributed by atoms with E-state index in [0.29, 0.717) is 18.4 Å². The number of rotatable bonds is 2. The molecule has 2 aliphatic rings. The van der Waals surface area contributed by atoms with Crippen LogP contribution in [0.4, 0.5) is 4.79 Å². The Labute approximate surface area is 119 Å². The number of carbonyl (C=O) groups excluding carboxylic acids is 1. The van der Waals surface area contributed by atoms with Crippen LogP contribution in [-0.2, 0) is 11.3 Å². The van der Waals surface area contributed by atoms with Gasteiger partial charge in [-0.25, -0.2) is 4.79 Å². The summed E-state index contributed by atoms with van der Waals surface area (Å²) < 4.78 is 5.38. The predicted octanol–water partition coefficient (Wildman–Crippen LogP) is 2.38. The van der Waals surface area contributed by atoms with E-state index in [1.54, 1.807) is 0 Å². The maximum absolute atomic E-state index is 12.1. The first kappa shape index (κ1) is 13.4. The average Bonchev–Trinajstić information content (AvgIpc) is 2.90. The average molecular weight is 274 g/mol. The Kier molecular flexibility index (Phi) is 3.42. The highest BCUT2D eigenvalue weighted by atomic mass is 16.6. The lowest BCUT2D eigenvalue weighted by molar-refractivity contribution is 0.101. The topological polar surface area (TPSA) is 55.6 Å². The van der Waals surface area contributed by atoms with Gasteiger partial charge in [-0.3, -0.25) is 0 Å². The second-order valence-corrected chi connectivity index (χ2v) is 6.53. The molecule has 1 heterocycles. The molecule has 3 rings (SSSR count). The highest BCUT2D eigenvalue weighted by Gasteiger charge is 2.46. The van der Waals surface area contributed by atoms with Crippen LogP contribution in [0.1, 0.15) is 25.3 Å². The number of likely N-dealkylation sites (tertiary alicyclic amines) is 1. The van der Waals surface area contributed by atoms with Crippen molar-refractivity contribution in [1.82, 2.24) is 4.90 Å². The van der Waals surface area contributed by atoms with Gasteiger partial charge in [-0.15, -0.1) is 0 Å². The monoisotopic (exact) mass is 274 g/mol. The highest BCUT2D eigenvalue weighted by molar-refractivity contribution is 5.68. The molecule has 108 valence electrons. The molecule has 20 heavy (non-hydrogen) atoms. The van der Waals surface area contributed by atoms with Crippen molar-refractivity contribution < 1.29 is 9.53 Å². The van der Waals surface area contributed by atoms with Gasteiger partial charge in [-0.1, -0.05) is 30.3 Å². The van der Waals surface area contributed by atoms with E-state index in [-0.39, 0.29) is 11.6 Å². The van der Waals surface area contributed by atoms with Gasteiger partial charge in [-0.05, 0) is 37.2 Å². The molecule has 0 radical (unpaired) electrons. The van der Waals surface area contributed by atoms with Crippen LogP contribution in [0, 0.1) is 11.8 Å². The molecule has 0 aromatic heterocycles. The van der Waals surface area contributed by atoms with E-state index in [9.17, 15) is 4.79 Å². The molecule has 1 aliphatic heterocycles. The van der Waals surface area contributed by atoms with Gasteiger partial charge in [0.15, 0.2) is 0 Å². The summed E-state index contributed by atoms with van der Waals surface area (Å²) in [6.45, 7) is 4.06. The third kappa shape index (κ3) is 2.80. The van der Waals surface area contributed by atoms with Crippen molar-refractivity contribution in [3.8, 4) is 0 Å². The molecule has 4 nitrogen and oxygen atoms in total. The maximum atomic E-state index is 12.1. The minimum atomic E-state index is -0.193. The lowest BCUT2D eigenvalue weighted by Crippen LogP contribution is -2.37. The first-order chi connectivity index (χ1) is 9.53. The molecule has 1 aromatic carbocycles. The molecule has 4 heteroatoms. The van der Waals surface area contributed by atoms with E-state index < -0.39 is 0 Å². The Bertz CT molecular complexity index is 471. The first-order valence-corrected chi connectivity index (χ1v) is 7.28. The summed E-state index contributed by atoms with van der Waals surface area (Å²) in [6.07, 6.45) is 1.84. The molecular weight excluding hydrogens is 252 g/mol. The molecule has 1 aromatic rings. The largest absolute Gasteiger partial charge is 0.445 e. The zero-order chi connectivity index (χ0) is 14.2. The van der Waals surface area contributed by atoms with Crippen LogP contribution in [0.5, 0.6) is 0 Å². The maximum Gasteiger partial charge on any atom is 0.410 e. The summed E-state index contributed by atoms with van der Waals surface area (Å²) in [5.74, 6) is 1.10. The highest BCUT2D eigenvalue weighted by Crippen LogP contribution is 2.42. The Morgan fingerprint density at radius 3 is 2.50 bits per heavy atom. The normalized spacial score (nSPS) is 32.2. The van der Waals surface area contributed by atoms with Crippen molar-refractivity contribution in [2.45, 2.75) is 31.9 Å². The quantitative estimate of drug-likeness (QED) is 0.901. The summed E-state index contributed by atoms with van der Waals surface area (Å²) in [7, 11) is 0. The van der Waals surface area contributed by atoms with Gasteiger partial charge in [0.1, 0.15) is 6.61 Å². The zero-order valence-corrected chi connectivity index (χ0v) is 11.9. The molecule has 1 amide bonds. The third-order valence-electron chi connectivity index (χ3n) is 4.50. The summed E-state index contributed by atoms with van der Waals surface area (Å²) in [5, 5.41) is 0. The Balaban J connectivity index is 1.51. The third-order valence-corrected chi connectivity index (χ3v) is 4.50. The number of ether oxygens (including phenoxy) is 1. The van der Waals surface area contributed by atoms with Crippen molar-refractivity contribution in [3.63, 3.8) is 0 Å². The number of nitrogens with two attached hydrogens (primary N) is 1. The van der Waals surface area contributed by atoms with E-state index in [1.165, 1.54) is 0 Å². The number of hydrogen-bond acceptors (Lipinski definition) is 3. The minimum Gasteiger partial charge on any atom is -0.445 e. The van der Waals surface area contributed by atoms with Crippen LogP contribution in [-0.4, -0.2) is 29.6 Å². The van der Waals surface area contributed by atoms with Gasteiger partial charge < -0.3 is 15.4 Å². The lowest BCUT2D eigenvalue weighted by Gasteiger charge is -2.22. The van der Waals surface area contributed by atoms with Crippen molar-refractivity contribution in [3.05, 3.63) is 35.9 Å². The molecule has 0 bridgehead atoms. The van der Waals surface area contributed by atoms with Gasteiger partial charge in [0.25, 0.3) is 0 Å². The Hall–Kier alpha value is -1.55. The fourth-order valence-electron chi connectivity index (χ4n) is 3.64. The Morgan fingerprint density at radius 1 is 1.30 bits per heavy atom. The number of benzene rings is 1. The number of hydrogen-bond donors (Lipinski definition) is 1. The smallest absolute Gasteiger partial charge is 0.410 e. The summed E-state index contributed by atoms with van der Waals surface area (Å²) in [5.41, 5.74) is 7.17. The minimum absolute atomic E-state index is 0.0463. The molecule has 1 saturated heterocycles. The molecule has 1 saturated carbocycles. The summed E-state index contributed by atoms with van der Waals surface area (Å²) >= 11 is 0. The second kappa shape index (κ2) is 5.09. The van der Waals surface area contributed by atoms with Crippen LogP contribution < -0.4 is 5.73 Å². The predicted molar refractivity (Wildman–Crippen MR) is 77.0 cm³/mol. The van der Waals surface area contributed by atoms with E-state index in [0.717, 1.165) is 31.5 Å². The molecule has 2 fully saturated rings. The van der Waals surface area contributed by atoms with Crippen LogP contribution >= 0.6 is 0 Å². The van der Waals surface area contributed by atoms with Crippen LogP contribution in [0.2, 0.25) is 0 Å². The molecule has 0 spiro atoms. The molecule has 2 atom stereocenters. The molecule has 1 aliphatic carbocycles. The lowest BCUT2D eigenvalue weighted by atomic mass is 10.0. The fourth-order valence-corrected chi connectivity index (χ4v) is 3.64. The zero-order valence-electron chi connectivity index (χ0n) is 11.9. The van der Waals surface area contributed by atoms with Crippen LogP contribution in [0.3, 0.4) is 0 Å². The van der Waals surface area contributed by atoms with E-state index >= 15 is 0 Å². The van der Waals surface area contributed by atoms with Crippen LogP contribution in [0.25, 0.3) is 0 Å². The molecule has 2 unspecified atom stereocenters. The van der Waals surface area contributed by atoms with Crippen molar-refractivity contribution in [2.24, 2.45) is 17.6 Å². The van der Waals surface area contributed by atoms with Crippen molar-refractivity contribution >= 4 is 6.09 Å². The van der Waals surface area contributed by atoms with Gasteiger partial charge in [0, 0.05) is 18.6 Å². The molecular formula is C16H22N2O2. The first-order valence-electron chi connectivity index (χ1n) is 7.28. The summed E-state index contributed by atoms with van der Waals surface area (Å²) in [4.78, 5) is 13.9. The SMILES string of the molecule is CC1(N)CC2CN(C(=O)OCc3ccccc3)CC2C1. The van der Waals surface area contributed by atoms with Gasteiger partial charge >= 0.3 is 6.09 Å².